The second-order valence-corrected chi connectivity index (χ2v) is 5.07. The molecule has 1 aliphatic rings. The van der Waals surface area contributed by atoms with E-state index in [4.69, 9.17) is 14.2 Å². The first kappa shape index (κ1) is 15.9. The molecule has 0 spiro atoms. The maximum atomic E-state index is 12.1. The van der Waals surface area contributed by atoms with Gasteiger partial charge in [0, 0.05) is 5.56 Å². The lowest BCUT2D eigenvalue weighted by molar-refractivity contribution is -0.130. The third-order valence-corrected chi connectivity index (χ3v) is 3.40. The Kier molecular flexibility index (Phi) is 4.96. The quantitative estimate of drug-likeness (QED) is 0.676. The number of nitrogens with one attached hydrogen (secondary N) is 1. The molecule has 0 saturated heterocycles. The van der Waals surface area contributed by atoms with Crippen molar-refractivity contribution in [2.45, 2.75) is 13.0 Å². The van der Waals surface area contributed by atoms with Gasteiger partial charge in [0.1, 0.15) is 12.4 Å². The number of hydrogen-bond acceptors (Lipinski definition) is 5. The molecule has 124 valence electrons. The summed E-state index contributed by atoms with van der Waals surface area (Å²) in [5.41, 5.74) is 3.25. The first-order valence-electron chi connectivity index (χ1n) is 7.71. The fourth-order valence-electron chi connectivity index (χ4n) is 2.26. The van der Waals surface area contributed by atoms with E-state index in [-0.39, 0.29) is 12.5 Å². The van der Waals surface area contributed by atoms with Gasteiger partial charge in [-0.25, -0.2) is 5.43 Å². The van der Waals surface area contributed by atoms with Crippen LogP contribution in [0.4, 0.5) is 0 Å². The molecule has 1 atom stereocenters. The molecule has 1 aliphatic heterocycles. The predicted octanol–water partition coefficient (Wildman–Crippen LogP) is 2.38. The van der Waals surface area contributed by atoms with Crippen LogP contribution in [0.3, 0.4) is 0 Å². The van der Waals surface area contributed by atoms with Crippen molar-refractivity contribution >= 4 is 12.1 Å². The number of fused-ring (bicyclic) bond motifs is 1. The molecule has 3 rings (SSSR count). The molecular formula is C18H18N2O4. The van der Waals surface area contributed by atoms with Gasteiger partial charge in [0.15, 0.2) is 11.5 Å². The monoisotopic (exact) mass is 326 g/mol. The number of carbonyl (C=O) groups excluding carboxylic acids is 1. The Morgan fingerprint density at radius 1 is 1.25 bits per heavy atom. The normalized spacial score (nSPS) is 16.0. The molecule has 0 radical (unpaired) electrons. The highest BCUT2D eigenvalue weighted by molar-refractivity contribution is 5.86. The molecule has 2 aromatic rings. The Bertz CT molecular complexity index is 745. The summed E-state index contributed by atoms with van der Waals surface area (Å²) in [5, 5.41) is 3.98. The van der Waals surface area contributed by atoms with Gasteiger partial charge in [-0.05, 0) is 31.2 Å². The summed E-state index contributed by atoms with van der Waals surface area (Å²) >= 11 is 0. The van der Waals surface area contributed by atoms with E-state index >= 15 is 0 Å². The molecule has 6 heteroatoms. The van der Waals surface area contributed by atoms with Gasteiger partial charge in [-0.15, -0.1) is 0 Å². The van der Waals surface area contributed by atoms with E-state index in [1.165, 1.54) is 0 Å². The summed E-state index contributed by atoms with van der Waals surface area (Å²) in [7, 11) is 0. The van der Waals surface area contributed by atoms with Crippen molar-refractivity contribution in [1.82, 2.24) is 5.43 Å². The van der Waals surface area contributed by atoms with Gasteiger partial charge in [0.2, 0.25) is 6.10 Å². The van der Waals surface area contributed by atoms with Crippen LogP contribution < -0.4 is 19.6 Å². The maximum Gasteiger partial charge on any atom is 0.284 e. The molecule has 6 nitrogen and oxygen atoms in total. The minimum atomic E-state index is -0.737. The van der Waals surface area contributed by atoms with E-state index in [0.29, 0.717) is 23.9 Å². The zero-order valence-corrected chi connectivity index (χ0v) is 13.3. The number of hydrazone groups is 1. The summed E-state index contributed by atoms with van der Waals surface area (Å²) in [6.07, 6.45) is 0.805. The van der Waals surface area contributed by atoms with E-state index in [2.05, 4.69) is 10.5 Å². The Hall–Kier alpha value is -3.02. The van der Waals surface area contributed by atoms with E-state index in [0.717, 1.165) is 5.56 Å². The fraction of sp³-hybridized carbons (Fsp3) is 0.222. The summed E-state index contributed by atoms with van der Waals surface area (Å²) < 4.78 is 16.6. The topological polar surface area (TPSA) is 69.2 Å². The molecule has 0 aromatic heterocycles. The highest BCUT2D eigenvalue weighted by Crippen LogP contribution is 2.30. The second-order valence-electron chi connectivity index (χ2n) is 5.07. The molecule has 0 bridgehead atoms. The van der Waals surface area contributed by atoms with Crippen LogP contribution in [0.15, 0.2) is 53.6 Å². The number of rotatable bonds is 5. The van der Waals surface area contributed by atoms with Crippen LogP contribution in [-0.2, 0) is 4.79 Å². The standard InChI is InChI=1S/C18H18N2O4/c1-2-22-14-8-4-3-7-13(14)11-19-20-18(21)17-12-23-15-9-5-6-10-16(15)24-17/h3-11,17H,2,12H2,1H3,(H,20,21)/b19-11+. The molecule has 0 aliphatic carbocycles. The molecule has 1 N–H and O–H groups in total. The van der Waals surface area contributed by atoms with Gasteiger partial charge in [-0.3, -0.25) is 4.79 Å². The van der Waals surface area contributed by atoms with Crippen molar-refractivity contribution in [2.75, 3.05) is 13.2 Å². The fourth-order valence-corrected chi connectivity index (χ4v) is 2.26. The number of hydrogen-bond donors (Lipinski definition) is 1. The predicted molar refractivity (Wildman–Crippen MR) is 89.7 cm³/mol. The van der Waals surface area contributed by atoms with Gasteiger partial charge in [0.25, 0.3) is 5.91 Å². The minimum Gasteiger partial charge on any atom is -0.493 e. The third kappa shape index (κ3) is 3.65. The highest BCUT2D eigenvalue weighted by atomic mass is 16.6. The summed E-state index contributed by atoms with van der Waals surface area (Å²) in [6, 6.07) is 14.7. The van der Waals surface area contributed by atoms with Crippen LogP contribution in [0.2, 0.25) is 0 Å². The molecule has 2 aromatic carbocycles. The number of amides is 1. The number of benzene rings is 2. The highest BCUT2D eigenvalue weighted by Gasteiger charge is 2.26. The first-order chi connectivity index (χ1) is 11.8. The molecule has 0 fully saturated rings. The molecule has 1 unspecified atom stereocenters. The van der Waals surface area contributed by atoms with Crippen LogP contribution in [0.5, 0.6) is 17.2 Å². The smallest absolute Gasteiger partial charge is 0.284 e. The van der Waals surface area contributed by atoms with E-state index < -0.39 is 6.10 Å². The third-order valence-electron chi connectivity index (χ3n) is 3.40. The van der Waals surface area contributed by atoms with E-state index in [1.807, 2.05) is 43.3 Å². The Morgan fingerprint density at radius 3 is 2.83 bits per heavy atom. The van der Waals surface area contributed by atoms with Crippen LogP contribution in [0.1, 0.15) is 12.5 Å². The molecule has 24 heavy (non-hydrogen) atoms. The number of para-hydroxylation sites is 3. The van der Waals surface area contributed by atoms with Gasteiger partial charge >= 0.3 is 0 Å². The first-order valence-corrected chi connectivity index (χ1v) is 7.71. The largest absolute Gasteiger partial charge is 0.493 e. The van der Waals surface area contributed by atoms with Gasteiger partial charge in [-0.2, -0.15) is 5.10 Å². The average Bonchev–Trinajstić information content (AvgIpc) is 2.63. The van der Waals surface area contributed by atoms with E-state index in [1.54, 1.807) is 18.3 Å². The minimum absolute atomic E-state index is 0.147. The van der Waals surface area contributed by atoms with Crippen LogP contribution >= 0.6 is 0 Å². The lowest BCUT2D eigenvalue weighted by Gasteiger charge is -2.24. The van der Waals surface area contributed by atoms with Crippen molar-refractivity contribution < 1.29 is 19.0 Å². The van der Waals surface area contributed by atoms with Crippen molar-refractivity contribution in [3.8, 4) is 17.2 Å². The van der Waals surface area contributed by atoms with Crippen LogP contribution in [-0.4, -0.2) is 31.4 Å². The Morgan fingerprint density at radius 2 is 2.00 bits per heavy atom. The molecular weight excluding hydrogens is 308 g/mol. The SMILES string of the molecule is CCOc1ccccc1/C=N/NC(=O)C1COc2ccccc2O1. The van der Waals surface area contributed by atoms with Crippen molar-refractivity contribution in [3.63, 3.8) is 0 Å². The average molecular weight is 326 g/mol. The Labute approximate surface area is 140 Å². The second kappa shape index (κ2) is 7.50. The zero-order valence-electron chi connectivity index (χ0n) is 13.3. The van der Waals surface area contributed by atoms with Gasteiger partial charge in [-0.1, -0.05) is 24.3 Å². The number of nitrogens with zero attached hydrogens (tertiary/aromatic N) is 1. The van der Waals surface area contributed by atoms with Crippen molar-refractivity contribution in [1.29, 1.82) is 0 Å². The Balaban J connectivity index is 1.60. The lowest BCUT2D eigenvalue weighted by Crippen LogP contribution is -2.42. The molecule has 1 heterocycles. The lowest BCUT2D eigenvalue weighted by atomic mass is 10.2. The number of ether oxygens (including phenoxy) is 3. The van der Waals surface area contributed by atoms with Gasteiger partial charge in [0.05, 0.1) is 12.8 Å². The summed E-state index contributed by atoms with van der Waals surface area (Å²) in [6.45, 7) is 2.62. The zero-order chi connectivity index (χ0) is 16.8. The van der Waals surface area contributed by atoms with Crippen LogP contribution in [0, 0.1) is 0 Å². The van der Waals surface area contributed by atoms with Crippen molar-refractivity contribution in [3.05, 3.63) is 54.1 Å². The maximum absolute atomic E-state index is 12.1. The van der Waals surface area contributed by atoms with Gasteiger partial charge < -0.3 is 14.2 Å². The number of carbonyl (C=O) groups is 1. The van der Waals surface area contributed by atoms with Crippen LogP contribution in [0.25, 0.3) is 0 Å². The molecule has 1 amide bonds. The summed E-state index contributed by atoms with van der Waals surface area (Å²) in [5.74, 6) is 1.53. The molecule has 0 saturated carbocycles. The van der Waals surface area contributed by atoms with Crippen molar-refractivity contribution in [2.24, 2.45) is 5.10 Å². The summed E-state index contributed by atoms with van der Waals surface area (Å²) in [4.78, 5) is 12.1. The van der Waals surface area contributed by atoms with E-state index in [9.17, 15) is 4.79 Å².